The minimum atomic E-state index is 0.728. The summed E-state index contributed by atoms with van der Waals surface area (Å²) in [6.07, 6.45) is 2.68. The molecule has 0 aliphatic rings. The van der Waals surface area contributed by atoms with Crippen LogP contribution in [-0.4, -0.2) is 14.8 Å². The molecule has 0 radical (unpaired) electrons. The van der Waals surface area contributed by atoms with Crippen LogP contribution in [-0.2, 0) is 18.7 Å². The van der Waals surface area contributed by atoms with Crippen LogP contribution in [0.15, 0.2) is 72.4 Å². The highest BCUT2D eigenvalue weighted by molar-refractivity contribution is 7.98. The first-order valence-electron chi connectivity index (χ1n) is 8.01. The van der Waals surface area contributed by atoms with Gasteiger partial charge in [-0.05, 0) is 18.1 Å². The molecule has 0 unspecified atom stereocenters. The summed E-state index contributed by atoms with van der Waals surface area (Å²) in [6, 6.07) is 19.0. The lowest BCUT2D eigenvalue weighted by molar-refractivity contribution is 0.690. The molecule has 0 saturated carbocycles. The summed E-state index contributed by atoms with van der Waals surface area (Å²) in [5.74, 6) is 1.87. The zero-order chi connectivity index (χ0) is 16.8. The average Bonchev–Trinajstić information content (AvgIpc) is 2.98. The number of hydrogen-bond donors (Lipinski definition) is 0. The van der Waals surface area contributed by atoms with Crippen LogP contribution < -0.4 is 0 Å². The van der Waals surface area contributed by atoms with Gasteiger partial charge in [0.2, 0.25) is 0 Å². The number of thioether (sulfide) groups is 1. The van der Waals surface area contributed by atoms with E-state index in [1.165, 1.54) is 16.7 Å². The Morgan fingerprint density at radius 3 is 2.46 bits per heavy atom. The third-order valence-corrected chi connectivity index (χ3v) is 4.84. The number of allylic oxidation sites excluding steroid dienone is 1. The zero-order valence-electron chi connectivity index (χ0n) is 13.9. The van der Waals surface area contributed by atoms with Crippen molar-refractivity contribution < 1.29 is 0 Å². The van der Waals surface area contributed by atoms with E-state index >= 15 is 0 Å². The van der Waals surface area contributed by atoms with E-state index in [4.69, 9.17) is 0 Å². The highest BCUT2D eigenvalue weighted by Crippen LogP contribution is 2.23. The molecule has 24 heavy (non-hydrogen) atoms. The molecule has 3 rings (SSSR count). The summed E-state index contributed by atoms with van der Waals surface area (Å²) < 4.78 is 2.15. The molecule has 1 heterocycles. The van der Waals surface area contributed by atoms with Crippen LogP contribution in [0.3, 0.4) is 0 Å². The molecule has 1 aromatic heterocycles. The molecule has 0 N–H and O–H groups in total. The van der Waals surface area contributed by atoms with Crippen molar-refractivity contribution in [3.8, 4) is 0 Å². The molecule has 0 spiro atoms. The summed E-state index contributed by atoms with van der Waals surface area (Å²) in [7, 11) is 0. The number of aromatic nitrogens is 3. The van der Waals surface area contributed by atoms with E-state index < -0.39 is 0 Å². The Morgan fingerprint density at radius 2 is 1.75 bits per heavy atom. The van der Waals surface area contributed by atoms with Crippen LogP contribution in [0.1, 0.15) is 22.5 Å². The molecule has 3 nitrogen and oxygen atoms in total. The van der Waals surface area contributed by atoms with Crippen LogP contribution in [0.4, 0.5) is 0 Å². The molecular formula is C20H21N3S. The first-order chi connectivity index (χ1) is 11.8. The fourth-order valence-electron chi connectivity index (χ4n) is 2.48. The highest BCUT2D eigenvalue weighted by Gasteiger charge is 2.12. The fraction of sp³-hybridized carbons (Fsp3) is 0.200. The fourth-order valence-corrected chi connectivity index (χ4v) is 3.40. The smallest absolute Gasteiger partial charge is 0.191 e. The van der Waals surface area contributed by atoms with Gasteiger partial charge in [0.05, 0.1) is 0 Å². The molecule has 2 aromatic carbocycles. The average molecular weight is 335 g/mol. The maximum Gasteiger partial charge on any atom is 0.191 e. The van der Waals surface area contributed by atoms with Crippen LogP contribution in [0, 0.1) is 6.92 Å². The van der Waals surface area contributed by atoms with Gasteiger partial charge < -0.3 is 4.57 Å². The minimum Gasteiger partial charge on any atom is -0.302 e. The van der Waals surface area contributed by atoms with Crippen molar-refractivity contribution in [3.63, 3.8) is 0 Å². The number of hydrogen-bond acceptors (Lipinski definition) is 3. The Kier molecular flexibility index (Phi) is 5.49. The number of rotatable bonds is 7. The summed E-state index contributed by atoms with van der Waals surface area (Å²) in [4.78, 5) is 0. The van der Waals surface area contributed by atoms with E-state index in [-0.39, 0.29) is 0 Å². The maximum atomic E-state index is 4.40. The number of nitrogens with zero attached hydrogens (tertiary/aromatic N) is 3. The molecule has 0 aliphatic heterocycles. The first-order valence-corrected chi connectivity index (χ1v) is 9.00. The van der Waals surface area contributed by atoms with E-state index in [2.05, 4.69) is 76.8 Å². The summed E-state index contributed by atoms with van der Waals surface area (Å²) in [5.41, 5.74) is 3.82. The molecule has 0 atom stereocenters. The van der Waals surface area contributed by atoms with Gasteiger partial charge in [-0.2, -0.15) is 0 Å². The first kappa shape index (κ1) is 16.5. The van der Waals surface area contributed by atoms with E-state index in [1.807, 2.05) is 12.1 Å². The van der Waals surface area contributed by atoms with E-state index in [0.717, 1.165) is 29.7 Å². The second-order valence-corrected chi connectivity index (χ2v) is 6.68. The number of benzene rings is 2. The van der Waals surface area contributed by atoms with E-state index in [9.17, 15) is 0 Å². The third-order valence-electron chi connectivity index (χ3n) is 3.80. The van der Waals surface area contributed by atoms with Gasteiger partial charge in [0.1, 0.15) is 5.82 Å². The van der Waals surface area contributed by atoms with Gasteiger partial charge in [-0.25, -0.2) is 0 Å². The predicted octanol–water partition coefficient (Wildman–Crippen LogP) is 4.66. The van der Waals surface area contributed by atoms with Gasteiger partial charge in [-0.15, -0.1) is 16.8 Å². The van der Waals surface area contributed by atoms with E-state index in [0.29, 0.717) is 0 Å². The Labute approximate surface area is 147 Å². The molecule has 4 heteroatoms. The molecule has 0 amide bonds. The number of aryl methyl sites for hydroxylation is 1. The summed E-state index contributed by atoms with van der Waals surface area (Å²) in [5, 5.41) is 9.74. The second-order valence-electron chi connectivity index (χ2n) is 5.73. The van der Waals surface area contributed by atoms with Crippen molar-refractivity contribution in [2.24, 2.45) is 0 Å². The highest BCUT2D eigenvalue weighted by atomic mass is 32.2. The molecule has 0 bridgehead atoms. The SMILES string of the molecule is C=CCn1c(Cc2ccccc2)nnc1SCc1ccc(C)cc1. The lowest BCUT2D eigenvalue weighted by Gasteiger charge is -2.08. The predicted molar refractivity (Wildman–Crippen MR) is 100 cm³/mol. The van der Waals surface area contributed by atoms with Gasteiger partial charge in [-0.1, -0.05) is 78.0 Å². The molecule has 122 valence electrons. The van der Waals surface area contributed by atoms with Crippen molar-refractivity contribution in [2.45, 2.75) is 30.8 Å². The second kappa shape index (κ2) is 7.97. The van der Waals surface area contributed by atoms with Gasteiger partial charge in [0.15, 0.2) is 5.16 Å². The molecule has 0 aliphatic carbocycles. The van der Waals surface area contributed by atoms with Crippen molar-refractivity contribution in [3.05, 3.63) is 89.8 Å². The molecule has 3 aromatic rings. The van der Waals surface area contributed by atoms with Crippen molar-refractivity contribution in [1.29, 1.82) is 0 Å². The van der Waals surface area contributed by atoms with Crippen LogP contribution in [0.5, 0.6) is 0 Å². The van der Waals surface area contributed by atoms with Gasteiger partial charge in [0, 0.05) is 18.7 Å². The quantitative estimate of drug-likeness (QED) is 0.465. The van der Waals surface area contributed by atoms with Crippen molar-refractivity contribution in [1.82, 2.24) is 14.8 Å². The molecular weight excluding hydrogens is 314 g/mol. The lowest BCUT2D eigenvalue weighted by Crippen LogP contribution is -2.04. The van der Waals surface area contributed by atoms with E-state index in [1.54, 1.807) is 11.8 Å². The Hall–Kier alpha value is -2.33. The van der Waals surface area contributed by atoms with Gasteiger partial charge in [-0.3, -0.25) is 0 Å². The summed E-state index contributed by atoms with van der Waals surface area (Å²) >= 11 is 1.72. The van der Waals surface area contributed by atoms with Crippen LogP contribution in [0.25, 0.3) is 0 Å². The maximum absolute atomic E-state index is 4.40. The largest absolute Gasteiger partial charge is 0.302 e. The minimum absolute atomic E-state index is 0.728. The van der Waals surface area contributed by atoms with Crippen molar-refractivity contribution >= 4 is 11.8 Å². The standard InChI is InChI=1S/C20H21N3S/c1-3-13-23-19(14-17-7-5-4-6-8-17)21-22-20(23)24-15-18-11-9-16(2)10-12-18/h3-12H,1,13-15H2,2H3. The molecule has 0 fully saturated rings. The zero-order valence-corrected chi connectivity index (χ0v) is 14.7. The van der Waals surface area contributed by atoms with Crippen LogP contribution in [0.2, 0.25) is 0 Å². The molecule has 0 saturated heterocycles. The van der Waals surface area contributed by atoms with Crippen LogP contribution >= 0.6 is 11.8 Å². The van der Waals surface area contributed by atoms with Gasteiger partial charge in [0.25, 0.3) is 0 Å². The van der Waals surface area contributed by atoms with Crippen molar-refractivity contribution in [2.75, 3.05) is 0 Å². The Bertz CT molecular complexity index is 792. The third kappa shape index (κ3) is 4.15. The Morgan fingerprint density at radius 1 is 1.00 bits per heavy atom. The van der Waals surface area contributed by atoms with Gasteiger partial charge >= 0.3 is 0 Å². The topological polar surface area (TPSA) is 30.7 Å². The normalized spacial score (nSPS) is 10.7. The Balaban J connectivity index is 1.75. The summed E-state index contributed by atoms with van der Waals surface area (Å²) in [6.45, 7) is 6.70. The monoisotopic (exact) mass is 335 g/mol. The lowest BCUT2D eigenvalue weighted by atomic mass is 10.1.